The van der Waals surface area contributed by atoms with Crippen molar-refractivity contribution in [1.29, 1.82) is 0 Å². The number of aryl methyl sites for hydroxylation is 1. The number of rotatable bonds is 4. The summed E-state index contributed by atoms with van der Waals surface area (Å²) in [5.74, 6) is 0.764. The summed E-state index contributed by atoms with van der Waals surface area (Å²) in [4.78, 5) is 0. The van der Waals surface area contributed by atoms with E-state index in [-0.39, 0.29) is 0 Å². The number of nitrogens with one attached hydrogen (secondary N) is 1. The van der Waals surface area contributed by atoms with Gasteiger partial charge >= 0.3 is 0 Å². The van der Waals surface area contributed by atoms with Crippen molar-refractivity contribution in [3.63, 3.8) is 0 Å². The zero-order chi connectivity index (χ0) is 10.5. The third-order valence-electron chi connectivity index (χ3n) is 2.89. The van der Waals surface area contributed by atoms with E-state index in [0.29, 0.717) is 0 Å². The molecule has 1 aromatic rings. The highest BCUT2D eigenvalue weighted by Gasteiger charge is 2.13. The minimum Gasteiger partial charge on any atom is -0.381 e. The van der Waals surface area contributed by atoms with E-state index >= 15 is 0 Å². The fourth-order valence-electron chi connectivity index (χ4n) is 1.83. The molecular formula is C10H18N4O. The molecule has 0 aliphatic carbocycles. The van der Waals surface area contributed by atoms with Gasteiger partial charge in [0, 0.05) is 26.8 Å². The number of ether oxygens (including phenoxy) is 1. The summed E-state index contributed by atoms with van der Waals surface area (Å²) >= 11 is 0. The molecule has 0 amide bonds. The summed E-state index contributed by atoms with van der Waals surface area (Å²) < 4.78 is 7.12. The average molecular weight is 210 g/mol. The Morgan fingerprint density at radius 1 is 1.53 bits per heavy atom. The van der Waals surface area contributed by atoms with Crippen molar-refractivity contribution < 1.29 is 4.74 Å². The zero-order valence-corrected chi connectivity index (χ0v) is 9.15. The summed E-state index contributed by atoms with van der Waals surface area (Å²) in [7, 11) is 1.92. The lowest BCUT2D eigenvalue weighted by molar-refractivity contribution is 0.0662. The molecule has 1 aliphatic rings. The Hall–Kier alpha value is -0.940. The lowest BCUT2D eigenvalue weighted by Crippen LogP contribution is -2.28. The van der Waals surface area contributed by atoms with E-state index < -0.39 is 0 Å². The minimum absolute atomic E-state index is 0.764. The van der Waals surface area contributed by atoms with Crippen molar-refractivity contribution in [3.8, 4) is 0 Å². The molecule has 0 aromatic carbocycles. The van der Waals surface area contributed by atoms with E-state index in [2.05, 4.69) is 15.6 Å². The first-order valence-corrected chi connectivity index (χ1v) is 5.48. The van der Waals surface area contributed by atoms with Crippen LogP contribution < -0.4 is 5.32 Å². The minimum atomic E-state index is 0.764. The van der Waals surface area contributed by atoms with Crippen LogP contribution in [-0.4, -0.2) is 34.8 Å². The highest BCUT2D eigenvalue weighted by molar-refractivity contribution is 4.92. The van der Waals surface area contributed by atoms with Gasteiger partial charge in [-0.2, -0.15) is 0 Å². The normalized spacial score (nSPS) is 18.2. The van der Waals surface area contributed by atoms with Crippen LogP contribution in [0.3, 0.4) is 0 Å². The van der Waals surface area contributed by atoms with E-state index in [4.69, 9.17) is 4.74 Å². The maximum Gasteiger partial charge on any atom is 0.0738 e. The van der Waals surface area contributed by atoms with Crippen molar-refractivity contribution in [2.45, 2.75) is 19.4 Å². The van der Waals surface area contributed by atoms with Gasteiger partial charge in [-0.15, -0.1) is 5.10 Å². The Balaban J connectivity index is 1.68. The van der Waals surface area contributed by atoms with Gasteiger partial charge in [0.15, 0.2) is 0 Å². The largest absolute Gasteiger partial charge is 0.381 e. The monoisotopic (exact) mass is 210 g/mol. The molecular weight excluding hydrogens is 192 g/mol. The van der Waals surface area contributed by atoms with Crippen LogP contribution in [0.5, 0.6) is 0 Å². The molecule has 1 saturated heterocycles. The van der Waals surface area contributed by atoms with Crippen LogP contribution in [0.1, 0.15) is 18.5 Å². The standard InChI is InChI=1S/C10H18N4O/c1-14-10(8-12-13-14)7-11-6-9-2-4-15-5-3-9/h8-9,11H,2-7H2,1H3. The second kappa shape index (κ2) is 5.23. The Labute approximate surface area is 89.8 Å². The molecule has 5 heteroatoms. The van der Waals surface area contributed by atoms with Gasteiger partial charge in [0.1, 0.15) is 0 Å². The molecule has 2 heterocycles. The lowest BCUT2D eigenvalue weighted by Gasteiger charge is -2.22. The predicted octanol–water partition coefficient (Wildman–Crippen LogP) is 0.331. The van der Waals surface area contributed by atoms with Crippen LogP contribution in [0.15, 0.2) is 6.20 Å². The lowest BCUT2D eigenvalue weighted by atomic mass is 10.0. The molecule has 0 unspecified atom stereocenters. The van der Waals surface area contributed by atoms with Crippen LogP contribution in [-0.2, 0) is 18.3 Å². The molecule has 1 aromatic heterocycles. The summed E-state index contributed by atoms with van der Waals surface area (Å²) in [6.45, 7) is 3.74. The smallest absolute Gasteiger partial charge is 0.0738 e. The first-order valence-electron chi connectivity index (χ1n) is 5.48. The van der Waals surface area contributed by atoms with E-state index in [9.17, 15) is 0 Å². The van der Waals surface area contributed by atoms with E-state index in [1.165, 1.54) is 12.8 Å². The van der Waals surface area contributed by atoms with Crippen molar-refractivity contribution in [3.05, 3.63) is 11.9 Å². The fourth-order valence-corrected chi connectivity index (χ4v) is 1.83. The van der Waals surface area contributed by atoms with Crippen molar-refractivity contribution in [2.75, 3.05) is 19.8 Å². The quantitative estimate of drug-likeness (QED) is 0.778. The highest BCUT2D eigenvalue weighted by atomic mass is 16.5. The van der Waals surface area contributed by atoms with E-state index in [1.54, 1.807) is 10.9 Å². The van der Waals surface area contributed by atoms with Crippen LogP contribution in [0.25, 0.3) is 0 Å². The van der Waals surface area contributed by atoms with Crippen molar-refractivity contribution in [1.82, 2.24) is 20.3 Å². The fraction of sp³-hybridized carbons (Fsp3) is 0.800. The molecule has 0 saturated carbocycles. The number of nitrogens with zero attached hydrogens (tertiary/aromatic N) is 3. The molecule has 15 heavy (non-hydrogen) atoms. The molecule has 84 valence electrons. The van der Waals surface area contributed by atoms with Gasteiger partial charge in [0.05, 0.1) is 11.9 Å². The molecule has 0 radical (unpaired) electrons. The topological polar surface area (TPSA) is 52.0 Å². The Bertz CT molecular complexity index is 293. The van der Waals surface area contributed by atoms with Gasteiger partial charge in [0.2, 0.25) is 0 Å². The zero-order valence-electron chi connectivity index (χ0n) is 9.15. The van der Waals surface area contributed by atoms with E-state index in [1.807, 2.05) is 7.05 Å². The molecule has 0 atom stereocenters. The first-order chi connectivity index (χ1) is 7.36. The Kier molecular flexibility index (Phi) is 3.69. The summed E-state index contributed by atoms with van der Waals surface area (Å²) in [6, 6.07) is 0. The second-order valence-electron chi connectivity index (χ2n) is 4.04. The first kappa shape index (κ1) is 10.6. The van der Waals surface area contributed by atoms with Gasteiger partial charge in [-0.1, -0.05) is 5.21 Å². The summed E-state index contributed by atoms with van der Waals surface area (Å²) in [6.07, 6.45) is 4.16. The predicted molar refractivity (Wildman–Crippen MR) is 56.3 cm³/mol. The van der Waals surface area contributed by atoms with E-state index in [0.717, 1.165) is 37.9 Å². The van der Waals surface area contributed by atoms with Gasteiger partial charge in [-0.3, -0.25) is 4.68 Å². The second-order valence-corrected chi connectivity index (χ2v) is 4.04. The number of aromatic nitrogens is 3. The number of hydrogen-bond acceptors (Lipinski definition) is 4. The molecule has 2 rings (SSSR count). The Morgan fingerprint density at radius 2 is 2.33 bits per heavy atom. The van der Waals surface area contributed by atoms with Crippen LogP contribution >= 0.6 is 0 Å². The molecule has 0 bridgehead atoms. The maximum absolute atomic E-state index is 5.32. The van der Waals surface area contributed by atoms with Crippen LogP contribution in [0.4, 0.5) is 0 Å². The van der Waals surface area contributed by atoms with Crippen molar-refractivity contribution in [2.24, 2.45) is 13.0 Å². The number of hydrogen-bond donors (Lipinski definition) is 1. The third-order valence-corrected chi connectivity index (χ3v) is 2.89. The summed E-state index contributed by atoms with van der Waals surface area (Å²) in [5.41, 5.74) is 1.13. The third kappa shape index (κ3) is 3.00. The van der Waals surface area contributed by atoms with Gasteiger partial charge in [-0.05, 0) is 25.3 Å². The van der Waals surface area contributed by atoms with Gasteiger partial charge in [0.25, 0.3) is 0 Å². The van der Waals surface area contributed by atoms with Gasteiger partial charge < -0.3 is 10.1 Å². The maximum atomic E-state index is 5.32. The highest BCUT2D eigenvalue weighted by Crippen LogP contribution is 2.13. The van der Waals surface area contributed by atoms with Crippen molar-refractivity contribution >= 4 is 0 Å². The van der Waals surface area contributed by atoms with Crippen LogP contribution in [0.2, 0.25) is 0 Å². The molecule has 5 nitrogen and oxygen atoms in total. The Morgan fingerprint density at radius 3 is 3.00 bits per heavy atom. The SMILES string of the molecule is Cn1nncc1CNCC1CCOCC1. The molecule has 1 N–H and O–H groups in total. The summed E-state index contributed by atoms with van der Waals surface area (Å²) in [5, 5.41) is 11.2. The molecule has 1 aliphatic heterocycles. The van der Waals surface area contributed by atoms with Gasteiger partial charge in [-0.25, -0.2) is 0 Å². The molecule has 1 fully saturated rings. The molecule has 0 spiro atoms. The van der Waals surface area contributed by atoms with Crippen LogP contribution in [0, 0.1) is 5.92 Å². The average Bonchev–Trinajstić information content (AvgIpc) is 2.66.